The van der Waals surface area contributed by atoms with Gasteiger partial charge in [0.05, 0.1) is 18.3 Å². The predicted octanol–water partition coefficient (Wildman–Crippen LogP) is 6.17. The van der Waals surface area contributed by atoms with E-state index in [9.17, 15) is 4.79 Å². The van der Waals surface area contributed by atoms with Gasteiger partial charge >= 0.3 is 6.09 Å². The third-order valence-electron chi connectivity index (χ3n) is 7.89. The van der Waals surface area contributed by atoms with Crippen LogP contribution in [0, 0.1) is 0 Å². The third-order valence-corrected chi connectivity index (χ3v) is 14.0. The monoisotopic (exact) mass is 521 g/mol. The van der Waals surface area contributed by atoms with Gasteiger partial charge in [0.25, 0.3) is 0 Å². The fourth-order valence-electron chi connectivity index (χ4n) is 6.07. The topological polar surface area (TPSA) is 78.5 Å². The van der Waals surface area contributed by atoms with Gasteiger partial charge in [-0.05, 0) is 35.5 Å². The van der Waals surface area contributed by atoms with E-state index in [1.165, 1.54) is 0 Å². The highest BCUT2D eigenvalue weighted by molar-refractivity contribution is 6.77. The second kappa shape index (κ2) is 12.4. The molecule has 8 heteroatoms. The molecule has 5 atom stereocenters. The summed E-state index contributed by atoms with van der Waals surface area (Å²) in [6.45, 7) is 16.6. The van der Waals surface area contributed by atoms with Crippen LogP contribution in [0.5, 0.6) is 0 Å². The molecule has 2 saturated heterocycles. The van der Waals surface area contributed by atoms with Gasteiger partial charge in [-0.1, -0.05) is 71.9 Å². The van der Waals surface area contributed by atoms with E-state index in [2.05, 4.69) is 46.9 Å². The quantitative estimate of drug-likeness (QED) is 0.262. The minimum Gasteiger partial charge on any atom is -0.447 e. The first-order valence-electron chi connectivity index (χ1n) is 13.5. The second-order valence-corrected chi connectivity index (χ2v) is 16.9. The molecule has 2 fully saturated rings. The highest BCUT2D eigenvalue weighted by Gasteiger charge is 2.51. The van der Waals surface area contributed by atoms with Crippen molar-refractivity contribution in [3.8, 4) is 0 Å². The van der Waals surface area contributed by atoms with E-state index < -0.39 is 20.2 Å². The van der Waals surface area contributed by atoms with Crippen molar-refractivity contribution in [1.29, 1.82) is 0 Å². The molecule has 3 rings (SSSR count). The third kappa shape index (κ3) is 7.31. The number of epoxide rings is 1. The molecule has 0 aromatic heterocycles. The van der Waals surface area contributed by atoms with Gasteiger partial charge in [0.2, 0.25) is 8.32 Å². The highest BCUT2D eigenvalue weighted by Crippen LogP contribution is 2.46. The molecule has 0 radical (unpaired) electrons. The number of carbonyl (C=O) groups is 1. The zero-order chi connectivity index (χ0) is 26.5. The van der Waals surface area contributed by atoms with Crippen molar-refractivity contribution in [3.05, 3.63) is 35.9 Å². The first-order valence-corrected chi connectivity index (χ1v) is 15.6. The average molecular weight is 522 g/mol. The van der Waals surface area contributed by atoms with E-state index in [1.807, 2.05) is 37.3 Å². The minimum atomic E-state index is -2.02. The van der Waals surface area contributed by atoms with Crippen molar-refractivity contribution >= 4 is 14.4 Å². The molecule has 7 nitrogen and oxygen atoms in total. The van der Waals surface area contributed by atoms with Gasteiger partial charge < -0.3 is 28.7 Å². The highest BCUT2D eigenvalue weighted by atomic mass is 28.4. The Morgan fingerprint density at radius 2 is 1.72 bits per heavy atom. The van der Waals surface area contributed by atoms with E-state index >= 15 is 0 Å². The Bertz CT molecular complexity index is 813. The summed E-state index contributed by atoms with van der Waals surface area (Å²) >= 11 is 0. The summed E-state index contributed by atoms with van der Waals surface area (Å²) in [6, 6.07) is 9.76. The van der Waals surface area contributed by atoms with Crippen molar-refractivity contribution < 1.29 is 28.2 Å². The molecule has 0 saturated carbocycles. The van der Waals surface area contributed by atoms with Crippen molar-refractivity contribution in [2.75, 3.05) is 13.7 Å². The number of hydrogen-bond donors (Lipinski definition) is 1. The molecule has 1 amide bonds. The fourth-order valence-corrected chi connectivity index (χ4v) is 11.6. The van der Waals surface area contributed by atoms with E-state index in [-0.39, 0.29) is 31.0 Å². The summed E-state index contributed by atoms with van der Waals surface area (Å²) in [5.74, 6) is -0.684. The average Bonchev–Trinajstić information content (AvgIpc) is 3.57. The van der Waals surface area contributed by atoms with Crippen LogP contribution in [0.4, 0.5) is 4.79 Å². The second-order valence-electron chi connectivity index (χ2n) is 11.5. The van der Waals surface area contributed by atoms with Crippen molar-refractivity contribution in [2.45, 2.75) is 121 Å². The Labute approximate surface area is 218 Å². The summed E-state index contributed by atoms with van der Waals surface area (Å²) < 4.78 is 30.5. The zero-order valence-electron chi connectivity index (χ0n) is 23.4. The Morgan fingerprint density at radius 1 is 1.08 bits per heavy atom. The zero-order valence-corrected chi connectivity index (χ0v) is 24.4. The van der Waals surface area contributed by atoms with Crippen LogP contribution in [0.1, 0.15) is 73.3 Å². The molecule has 1 aromatic carbocycles. The molecule has 0 aliphatic carbocycles. The number of ether oxygens (including phenoxy) is 4. The number of hydrogen-bond acceptors (Lipinski definition) is 6. The Morgan fingerprint density at radius 3 is 2.31 bits per heavy atom. The molecular formula is C28H47NO6Si. The van der Waals surface area contributed by atoms with Gasteiger partial charge in [-0.15, -0.1) is 0 Å². The standard InChI is InChI=1S/C28H47NO6Si/c1-19(2)36(20(3)4,21(5)6)35-24-14-23(34-28(7,16-24)31-8)15-25-26(33-25)18-32-27(30)29-17-22-12-10-9-11-13-22/h9-13,19-21,23-26H,14-18H2,1-8H3,(H,29,30)/t23-,24-,25-,26-,28-/m0/s1. The van der Waals surface area contributed by atoms with Crippen molar-refractivity contribution in [1.82, 2.24) is 5.32 Å². The van der Waals surface area contributed by atoms with Crippen LogP contribution in [-0.4, -0.2) is 58.3 Å². The fraction of sp³-hybridized carbons (Fsp3) is 0.750. The van der Waals surface area contributed by atoms with Crippen LogP contribution in [0.15, 0.2) is 30.3 Å². The van der Waals surface area contributed by atoms with Crippen LogP contribution in [-0.2, 0) is 29.9 Å². The maximum atomic E-state index is 12.1. The summed E-state index contributed by atoms with van der Waals surface area (Å²) in [5.41, 5.74) is 2.60. The number of alkyl carbamates (subject to hydrolysis) is 1. The van der Waals surface area contributed by atoms with E-state index in [4.69, 9.17) is 23.4 Å². The lowest BCUT2D eigenvalue weighted by Crippen LogP contribution is -2.54. The van der Waals surface area contributed by atoms with Gasteiger partial charge in [0.15, 0.2) is 5.79 Å². The van der Waals surface area contributed by atoms with Crippen LogP contribution in [0.3, 0.4) is 0 Å². The summed E-state index contributed by atoms with van der Waals surface area (Å²) in [5, 5.41) is 2.78. The van der Waals surface area contributed by atoms with Crippen LogP contribution >= 0.6 is 0 Å². The van der Waals surface area contributed by atoms with Gasteiger partial charge in [-0.3, -0.25) is 0 Å². The lowest BCUT2D eigenvalue weighted by molar-refractivity contribution is -0.274. The number of rotatable bonds is 12. The summed E-state index contributed by atoms with van der Waals surface area (Å²) in [6.07, 6.45) is 1.82. The minimum absolute atomic E-state index is 0.0130. The number of methoxy groups -OCH3 is 1. The van der Waals surface area contributed by atoms with Crippen LogP contribution in [0.25, 0.3) is 0 Å². The molecule has 0 spiro atoms. The molecular weight excluding hydrogens is 474 g/mol. The lowest BCUT2D eigenvalue weighted by atomic mass is 9.96. The molecule has 36 heavy (non-hydrogen) atoms. The maximum absolute atomic E-state index is 12.1. The summed E-state index contributed by atoms with van der Waals surface area (Å²) in [7, 11) is -0.318. The van der Waals surface area contributed by atoms with Gasteiger partial charge in [-0.2, -0.15) is 0 Å². The molecule has 2 heterocycles. The van der Waals surface area contributed by atoms with E-state index in [0.717, 1.165) is 24.8 Å². The number of carbonyl (C=O) groups excluding carboxylic acids is 1. The normalized spacial score (nSPS) is 28.5. The van der Waals surface area contributed by atoms with Gasteiger partial charge in [-0.25, -0.2) is 4.79 Å². The van der Waals surface area contributed by atoms with Gasteiger partial charge in [0.1, 0.15) is 12.7 Å². The maximum Gasteiger partial charge on any atom is 0.407 e. The van der Waals surface area contributed by atoms with E-state index in [1.54, 1.807) is 7.11 Å². The molecule has 2 aliphatic heterocycles. The predicted molar refractivity (Wildman–Crippen MR) is 143 cm³/mol. The molecule has 1 N–H and O–H groups in total. The number of benzene rings is 1. The molecule has 204 valence electrons. The first-order chi connectivity index (χ1) is 17.0. The summed E-state index contributed by atoms with van der Waals surface area (Å²) in [4.78, 5) is 12.1. The largest absolute Gasteiger partial charge is 0.447 e. The molecule has 0 unspecified atom stereocenters. The smallest absolute Gasteiger partial charge is 0.407 e. The Hall–Kier alpha value is -1.45. The Kier molecular flexibility index (Phi) is 10.0. The Balaban J connectivity index is 1.51. The number of nitrogens with one attached hydrogen (secondary N) is 1. The molecule has 2 aliphatic rings. The van der Waals surface area contributed by atoms with Crippen LogP contribution < -0.4 is 5.32 Å². The number of amides is 1. The SMILES string of the molecule is CO[C@]1(C)C[C@@H](O[Si](C(C)C)(C(C)C)C(C)C)C[C@@H](C[C@@H]2O[C@H]2COC(=O)NCc2ccccc2)O1. The van der Waals surface area contributed by atoms with Gasteiger partial charge in [0, 0.05) is 26.5 Å². The molecule has 1 aromatic rings. The lowest BCUT2D eigenvalue weighted by Gasteiger charge is -2.49. The molecule has 0 bridgehead atoms. The first kappa shape index (κ1) is 29.1. The van der Waals surface area contributed by atoms with Crippen LogP contribution in [0.2, 0.25) is 16.6 Å². The van der Waals surface area contributed by atoms with Crippen molar-refractivity contribution in [2.24, 2.45) is 0 Å². The van der Waals surface area contributed by atoms with Crippen molar-refractivity contribution in [3.63, 3.8) is 0 Å². The van der Waals surface area contributed by atoms with E-state index in [0.29, 0.717) is 23.2 Å².